The summed E-state index contributed by atoms with van der Waals surface area (Å²) in [5, 5.41) is 11.2. The van der Waals surface area contributed by atoms with Crippen molar-refractivity contribution in [2.45, 2.75) is 45.0 Å². The molecule has 0 fully saturated rings. The molecule has 0 radical (unpaired) electrons. The number of carboxylic acid groups (broad SMARTS) is 1. The number of amides is 1. The number of carbonyl (C=O) groups is 2. The van der Waals surface area contributed by atoms with Gasteiger partial charge in [0.2, 0.25) is 0 Å². The minimum atomic E-state index is -4.47. The molecule has 0 aliphatic carbocycles. The molecule has 0 unspecified atom stereocenters. The average Bonchev–Trinajstić information content (AvgIpc) is 2.73. The normalized spacial score (nSPS) is 13.5. The molecule has 0 bridgehead atoms. The SMILES string of the molecule is CC(C)(C)OC(=O)N[C@H](Cc1ccc(C(F)(F)F)s1)C(=O)O. The molecule has 1 atom stereocenters. The maximum Gasteiger partial charge on any atom is 0.425 e. The van der Waals surface area contributed by atoms with Crippen LogP contribution in [-0.2, 0) is 22.1 Å². The van der Waals surface area contributed by atoms with Crippen molar-refractivity contribution in [1.29, 1.82) is 0 Å². The Balaban J connectivity index is 2.75. The molecule has 1 rings (SSSR count). The summed E-state index contributed by atoms with van der Waals surface area (Å²) >= 11 is 0.445. The summed E-state index contributed by atoms with van der Waals surface area (Å²) in [4.78, 5) is 22.1. The summed E-state index contributed by atoms with van der Waals surface area (Å²) in [5.74, 6) is -1.35. The summed E-state index contributed by atoms with van der Waals surface area (Å²) in [6.07, 6.45) is -5.66. The number of hydrogen-bond donors (Lipinski definition) is 2. The van der Waals surface area contributed by atoms with Crippen molar-refractivity contribution in [2.75, 3.05) is 0 Å². The zero-order chi connectivity index (χ0) is 17.1. The first-order valence-electron chi connectivity index (χ1n) is 6.27. The van der Waals surface area contributed by atoms with Gasteiger partial charge in [0.05, 0.1) is 0 Å². The van der Waals surface area contributed by atoms with Crippen LogP contribution in [0.15, 0.2) is 12.1 Å². The van der Waals surface area contributed by atoms with E-state index in [-0.39, 0.29) is 11.3 Å². The van der Waals surface area contributed by atoms with E-state index in [0.29, 0.717) is 11.3 Å². The molecule has 2 N–H and O–H groups in total. The molecule has 5 nitrogen and oxygen atoms in total. The number of thiophene rings is 1. The van der Waals surface area contributed by atoms with Crippen LogP contribution in [0.2, 0.25) is 0 Å². The predicted molar refractivity (Wildman–Crippen MR) is 73.8 cm³/mol. The average molecular weight is 339 g/mol. The second kappa shape index (κ2) is 6.55. The lowest BCUT2D eigenvalue weighted by atomic mass is 10.2. The quantitative estimate of drug-likeness (QED) is 0.883. The molecule has 0 saturated heterocycles. The Morgan fingerprint density at radius 1 is 1.32 bits per heavy atom. The van der Waals surface area contributed by atoms with Gasteiger partial charge in [0.15, 0.2) is 0 Å². The van der Waals surface area contributed by atoms with Gasteiger partial charge in [0, 0.05) is 11.3 Å². The highest BCUT2D eigenvalue weighted by atomic mass is 32.1. The topological polar surface area (TPSA) is 75.6 Å². The Hall–Kier alpha value is -1.77. The van der Waals surface area contributed by atoms with Gasteiger partial charge in [0.25, 0.3) is 0 Å². The number of aliphatic carboxylic acids is 1. The van der Waals surface area contributed by atoms with E-state index in [1.54, 1.807) is 20.8 Å². The van der Waals surface area contributed by atoms with Crippen LogP contribution in [0.25, 0.3) is 0 Å². The maximum atomic E-state index is 12.5. The van der Waals surface area contributed by atoms with E-state index in [9.17, 15) is 22.8 Å². The van der Waals surface area contributed by atoms with E-state index >= 15 is 0 Å². The third kappa shape index (κ3) is 5.92. The Morgan fingerprint density at radius 3 is 2.32 bits per heavy atom. The third-order valence-electron chi connectivity index (χ3n) is 2.34. The highest BCUT2D eigenvalue weighted by molar-refractivity contribution is 7.12. The number of alkyl carbamates (subject to hydrolysis) is 1. The van der Waals surface area contributed by atoms with Gasteiger partial charge in [-0.15, -0.1) is 11.3 Å². The molecule has 0 aromatic carbocycles. The van der Waals surface area contributed by atoms with Crippen molar-refractivity contribution >= 4 is 23.4 Å². The van der Waals surface area contributed by atoms with Crippen LogP contribution in [0, 0.1) is 0 Å². The van der Waals surface area contributed by atoms with E-state index in [2.05, 4.69) is 5.32 Å². The fourth-order valence-corrected chi connectivity index (χ4v) is 2.41. The summed E-state index contributed by atoms with van der Waals surface area (Å²) in [6, 6.07) is 0.710. The Bertz CT molecular complexity index is 548. The molecule has 22 heavy (non-hydrogen) atoms. The summed E-state index contributed by atoms with van der Waals surface area (Å²) in [7, 11) is 0. The van der Waals surface area contributed by atoms with Crippen molar-refractivity contribution < 1.29 is 32.6 Å². The van der Waals surface area contributed by atoms with E-state index < -0.39 is 34.8 Å². The molecule has 0 aliphatic rings. The number of rotatable bonds is 4. The monoisotopic (exact) mass is 339 g/mol. The number of nitrogens with one attached hydrogen (secondary N) is 1. The van der Waals surface area contributed by atoms with Crippen LogP contribution in [-0.4, -0.2) is 28.8 Å². The van der Waals surface area contributed by atoms with Crippen LogP contribution in [0.5, 0.6) is 0 Å². The van der Waals surface area contributed by atoms with Gasteiger partial charge < -0.3 is 15.2 Å². The second-order valence-corrected chi connectivity index (χ2v) is 6.67. The number of hydrogen-bond acceptors (Lipinski definition) is 4. The Morgan fingerprint density at radius 2 is 1.91 bits per heavy atom. The van der Waals surface area contributed by atoms with E-state index in [1.165, 1.54) is 6.07 Å². The largest absolute Gasteiger partial charge is 0.480 e. The van der Waals surface area contributed by atoms with Crippen LogP contribution >= 0.6 is 11.3 Å². The molecule has 1 amide bonds. The molecule has 124 valence electrons. The summed E-state index contributed by atoms with van der Waals surface area (Å²) in [5.41, 5.74) is -0.806. The van der Waals surface area contributed by atoms with E-state index in [0.717, 1.165) is 6.07 Å². The van der Waals surface area contributed by atoms with Gasteiger partial charge in [-0.3, -0.25) is 0 Å². The standard InChI is InChI=1S/C13H16F3NO4S/c1-12(2,3)21-11(20)17-8(10(18)19)6-7-4-5-9(22-7)13(14,15)16/h4-5,8H,6H2,1-3H3,(H,17,20)(H,18,19)/t8-/m1/s1. The highest BCUT2D eigenvalue weighted by Crippen LogP contribution is 2.34. The maximum absolute atomic E-state index is 12.5. The van der Waals surface area contributed by atoms with E-state index in [1.807, 2.05) is 0 Å². The Labute approximate surface area is 129 Å². The molecule has 0 spiro atoms. The van der Waals surface area contributed by atoms with Crippen molar-refractivity contribution in [3.63, 3.8) is 0 Å². The summed E-state index contributed by atoms with van der Waals surface area (Å²) in [6.45, 7) is 4.83. The van der Waals surface area contributed by atoms with Crippen molar-refractivity contribution in [2.24, 2.45) is 0 Å². The van der Waals surface area contributed by atoms with Crippen LogP contribution in [0.3, 0.4) is 0 Å². The van der Waals surface area contributed by atoms with Gasteiger partial charge in [-0.1, -0.05) is 0 Å². The first kappa shape index (κ1) is 18.3. The smallest absolute Gasteiger partial charge is 0.425 e. The second-order valence-electron chi connectivity index (χ2n) is 5.50. The minimum Gasteiger partial charge on any atom is -0.480 e. The van der Waals surface area contributed by atoms with E-state index in [4.69, 9.17) is 9.84 Å². The van der Waals surface area contributed by atoms with Crippen LogP contribution < -0.4 is 5.32 Å². The molecule has 1 heterocycles. The first-order valence-corrected chi connectivity index (χ1v) is 7.08. The Kier molecular flexibility index (Phi) is 5.44. The van der Waals surface area contributed by atoms with Crippen molar-refractivity contribution in [3.8, 4) is 0 Å². The highest BCUT2D eigenvalue weighted by Gasteiger charge is 2.33. The number of alkyl halides is 3. The van der Waals surface area contributed by atoms with Crippen molar-refractivity contribution in [1.82, 2.24) is 5.32 Å². The first-order chi connectivity index (χ1) is 9.88. The molecule has 9 heteroatoms. The lowest BCUT2D eigenvalue weighted by Crippen LogP contribution is -2.44. The molecular weight excluding hydrogens is 323 g/mol. The lowest BCUT2D eigenvalue weighted by molar-refractivity contribution is -0.139. The van der Waals surface area contributed by atoms with Crippen molar-refractivity contribution in [3.05, 3.63) is 21.9 Å². The molecule has 0 saturated carbocycles. The molecular formula is C13H16F3NO4S. The zero-order valence-electron chi connectivity index (χ0n) is 12.2. The van der Waals surface area contributed by atoms with Crippen LogP contribution in [0.1, 0.15) is 30.5 Å². The van der Waals surface area contributed by atoms with Crippen LogP contribution in [0.4, 0.5) is 18.0 Å². The number of ether oxygens (including phenoxy) is 1. The van der Waals surface area contributed by atoms with Gasteiger partial charge in [-0.05, 0) is 32.9 Å². The van der Waals surface area contributed by atoms with Gasteiger partial charge in [-0.2, -0.15) is 13.2 Å². The summed E-state index contributed by atoms with van der Waals surface area (Å²) < 4.78 is 42.4. The fraction of sp³-hybridized carbons (Fsp3) is 0.538. The van der Waals surface area contributed by atoms with Gasteiger partial charge in [-0.25, -0.2) is 9.59 Å². The zero-order valence-corrected chi connectivity index (χ0v) is 13.0. The lowest BCUT2D eigenvalue weighted by Gasteiger charge is -2.21. The van der Waals surface area contributed by atoms with Gasteiger partial charge >= 0.3 is 18.2 Å². The predicted octanol–water partition coefficient (Wildman–Crippen LogP) is 3.29. The fourth-order valence-electron chi connectivity index (χ4n) is 1.49. The number of carbonyl (C=O) groups excluding carboxylic acids is 1. The number of halogens is 3. The van der Waals surface area contributed by atoms with Gasteiger partial charge in [0.1, 0.15) is 16.5 Å². The third-order valence-corrected chi connectivity index (χ3v) is 3.49. The number of carboxylic acids is 1. The molecule has 1 aromatic rings. The molecule has 1 aromatic heterocycles. The minimum absolute atomic E-state index is 0.204. The molecule has 0 aliphatic heterocycles.